The SMILES string of the molecule is [CH2]C=CC(C)Oc1ccc(C(F)(F)F)cc1. The van der Waals surface area contributed by atoms with Gasteiger partial charge in [-0.1, -0.05) is 6.08 Å². The van der Waals surface area contributed by atoms with Crippen LogP contribution in [-0.4, -0.2) is 6.10 Å². The molecule has 1 aromatic rings. The van der Waals surface area contributed by atoms with E-state index >= 15 is 0 Å². The van der Waals surface area contributed by atoms with Gasteiger partial charge < -0.3 is 4.74 Å². The largest absolute Gasteiger partial charge is 0.487 e. The van der Waals surface area contributed by atoms with E-state index in [0.717, 1.165) is 12.1 Å². The van der Waals surface area contributed by atoms with Crippen LogP contribution in [0.5, 0.6) is 5.75 Å². The summed E-state index contributed by atoms with van der Waals surface area (Å²) < 4.78 is 42.1. The number of hydrogen-bond donors (Lipinski definition) is 0. The maximum atomic E-state index is 12.2. The van der Waals surface area contributed by atoms with Gasteiger partial charge in [-0.3, -0.25) is 0 Å². The van der Waals surface area contributed by atoms with E-state index in [1.54, 1.807) is 19.1 Å². The minimum Gasteiger partial charge on any atom is -0.487 e. The standard InChI is InChI=1S/C12H12F3O/c1-3-4-9(2)16-11-7-5-10(6-8-11)12(13,14)15/h3-9H,1H2,2H3. The summed E-state index contributed by atoms with van der Waals surface area (Å²) in [5.74, 6) is 0.401. The van der Waals surface area contributed by atoms with Crippen molar-refractivity contribution in [1.29, 1.82) is 0 Å². The van der Waals surface area contributed by atoms with Crippen molar-refractivity contribution in [3.8, 4) is 5.75 Å². The zero-order chi connectivity index (χ0) is 12.2. The number of allylic oxidation sites excluding steroid dienone is 1. The second kappa shape index (κ2) is 5.05. The van der Waals surface area contributed by atoms with Crippen LogP contribution < -0.4 is 4.74 Å². The lowest BCUT2D eigenvalue weighted by atomic mass is 10.2. The van der Waals surface area contributed by atoms with Crippen LogP contribution in [0.4, 0.5) is 13.2 Å². The van der Waals surface area contributed by atoms with Crippen LogP contribution in [0.2, 0.25) is 0 Å². The Bertz CT molecular complexity index is 352. The first-order valence-electron chi connectivity index (χ1n) is 4.73. The fraction of sp³-hybridized carbons (Fsp3) is 0.250. The minimum absolute atomic E-state index is 0.214. The third kappa shape index (κ3) is 3.61. The molecule has 16 heavy (non-hydrogen) atoms. The second-order valence-corrected chi connectivity index (χ2v) is 3.27. The van der Waals surface area contributed by atoms with E-state index in [1.165, 1.54) is 12.1 Å². The van der Waals surface area contributed by atoms with Crippen molar-refractivity contribution in [1.82, 2.24) is 0 Å². The van der Waals surface area contributed by atoms with Crippen LogP contribution >= 0.6 is 0 Å². The molecule has 1 unspecified atom stereocenters. The highest BCUT2D eigenvalue weighted by Gasteiger charge is 2.30. The molecule has 1 nitrogen and oxygen atoms in total. The molecule has 0 heterocycles. The number of halogens is 3. The maximum absolute atomic E-state index is 12.2. The average Bonchev–Trinajstić information content (AvgIpc) is 2.17. The third-order valence-electron chi connectivity index (χ3n) is 1.91. The molecule has 0 bridgehead atoms. The summed E-state index contributed by atoms with van der Waals surface area (Å²) >= 11 is 0. The van der Waals surface area contributed by atoms with Crippen molar-refractivity contribution in [2.45, 2.75) is 19.2 Å². The lowest BCUT2D eigenvalue weighted by Gasteiger charge is -2.12. The summed E-state index contributed by atoms with van der Waals surface area (Å²) in [7, 11) is 0. The predicted molar refractivity (Wildman–Crippen MR) is 56.0 cm³/mol. The average molecular weight is 229 g/mol. The number of alkyl halides is 3. The van der Waals surface area contributed by atoms with Gasteiger partial charge in [-0.25, -0.2) is 0 Å². The fourth-order valence-corrected chi connectivity index (χ4v) is 1.17. The van der Waals surface area contributed by atoms with E-state index < -0.39 is 11.7 Å². The van der Waals surface area contributed by atoms with Crippen molar-refractivity contribution in [3.63, 3.8) is 0 Å². The molecule has 0 N–H and O–H groups in total. The molecular weight excluding hydrogens is 217 g/mol. The Morgan fingerprint density at radius 1 is 1.25 bits per heavy atom. The lowest BCUT2D eigenvalue weighted by Crippen LogP contribution is -2.08. The molecule has 0 aromatic heterocycles. The summed E-state index contributed by atoms with van der Waals surface area (Å²) in [6.45, 7) is 5.28. The molecule has 1 radical (unpaired) electrons. The lowest BCUT2D eigenvalue weighted by molar-refractivity contribution is -0.137. The Balaban J connectivity index is 2.72. The number of hydrogen-bond acceptors (Lipinski definition) is 1. The molecule has 0 aliphatic rings. The van der Waals surface area contributed by atoms with Crippen LogP contribution in [0.25, 0.3) is 0 Å². The quantitative estimate of drug-likeness (QED) is 0.764. The van der Waals surface area contributed by atoms with Crippen LogP contribution in [0, 0.1) is 6.92 Å². The van der Waals surface area contributed by atoms with Crippen LogP contribution in [0.1, 0.15) is 12.5 Å². The van der Waals surface area contributed by atoms with Gasteiger partial charge in [0.25, 0.3) is 0 Å². The molecule has 0 fully saturated rings. The molecule has 0 saturated heterocycles. The van der Waals surface area contributed by atoms with Gasteiger partial charge in [-0.15, -0.1) is 0 Å². The van der Waals surface area contributed by atoms with Gasteiger partial charge in [0.15, 0.2) is 0 Å². The number of benzene rings is 1. The van der Waals surface area contributed by atoms with Crippen molar-refractivity contribution in [3.05, 3.63) is 48.9 Å². The van der Waals surface area contributed by atoms with E-state index in [2.05, 4.69) is 6.92 Å². The first kappa shape index (κ1) is 12.6. The van der Waals surface area contributed by atoms with Crippen LogP contribution in [0.3, 0.4) is 0 Å². The normalized spacial score (nSPS) is 14.1. The van der Waals surface area contributed by atoms with Crippen molar-refractivity contribution < 1.29 is 17.9 Å². The summed E-state index contributed by atoms with van der Waals surface area (Å²) in [4.78, 5) is 0. The summed E-state index contributed by atoms with van der Waals surface area (Å²) in [6, 6.07) is 4.60. The van der Waals surface area contributed by atoms with Gasteiger partial charge in [-0.05, 0) is 44.2 Å². The first-order chi connectivity index (χ1) is 7.43. The maximum Gasteiger partial charge on any atom is 0.416 e. The Morgan fingerprint density at radius 2 is 1.81 bits per heavy atom. The molecule has 0 saturated carbocycles. The summed E-state index contributed by atoms with van der Waals surface area (Å²) in [6.07, 6.45) is -1.24. The predicted octanol–water partition coefficient (Wildman–Crippen LogP) is 3.86. The van der Waals surface area contributed by atoms with E-state index in [9.17, 15) is 13.2 Å². The van der Waals surface area contributed by atoms with Gasteiger partial charge in [0, 0.05) is 0 Å². The summed E-state index contributed by atoms with van der Waals surface area (Å²) in [5, 5.41) is 0. The molecule has 87 valence electrons. The van der Waals surface area contributed by atoms with Crippen LogP contribution in [-0.2, 0) is 6.18 Å². The highest BCUT2D eigenvalue weighted by Crippen LogP contribution is 2.30. The molecule has 1 aromatic carbocycles. The van der Waals surface area contributed by atoms with Crippen molar-refractivity contribution in [2.24, 2.45) is 0 Å². The van der Waals surface area contributed by atoms with E-state index in [-0.39, 0.29) is 6.10 Å². The van der Waals surface area contributed by atoms with E-state index in [1.807, 2.05) is 0 Å². The Kier molecular flexibility index (Phi) is 3.99. The Hall–Kier alpha value is -1.45. The van der Waals surface area contributed by atoms with E-state index in [4.69, 9.17) is 4.74 Å². The zero-order valence-electron chi connectivity index (χ0n) is 8.79. The van der Waals surface area contributed by atoms with Gasteiger partial charge in [0.05, 0.1) is 5.56 Å². The fourth-order valence-electron chi connectivity index (χ4n) is 1.17. The third-order valence-corrected chi connectivity index (χ3v) is 1.91. The highest BCUT2D eigenvalue weighted by atomic mass is 19.4. The second-order valence-electron chi connectivity index (χ2n) is 3.27. The number of ether oxygens (including phenoxy) is 1. The Labute approximate surface area is 92.5 Å². The van der Waals surface area contributed by atoms with Gasteiger partial charge >= 0.3 is 6.18 Å². The van der Waals surface area contributed by atoms with Crippen molar-refractivity contribution in [2.75, 3.05) is 0 Å². The molecule has 1 atom stereocenters. The molecule has 1 rings (SSSR count). The van der Waals surface area contributed by atoms with Gasteiger partial charge in [0.2, 0.25) is 0 Å². The Morgan fingerprint density at radius 3 is 2.25 bits per heavy atom. The molecule has 4 heteroatoms. The smallest absolute Gasteiger partial charge is 0.416 e. The molecule has 0 spiro atoms. The molecule has 0 amide bonds. The van der Waals surface area contributed by atoms with Gasteiger partial charge in [0.1, 0.15) is 11.9 Å². The first-order valence-corrected chi connectivity index (χ1v) is 4.73. The van der Waals surface area contributed by atoms with Crippen LogP contribution in [0.15, 0.2) is 36.4 Å². The molecular formula is C12H12F3O. The topological polar surface area (TPSA) is 9.23 Å². The monoisotopic (exact) mass is 229 g/mol. The molecule has 0 aliphatic heterocycles. The number of rotatable bonds is 3. The zero-order valence-corrected chi connectivity index (χ0v) is 8.79. The highest BCUT2D eigenvalue weighted by molar-refractivity contribution is 5.29. The van der Waals surface area contributed by atoms with E-state index in [0.29, 0.717) is 5.75 Å². The van der Waals surface area contributed by atoms with Crippen molar-refractivity contribution >= 4 is 0 Å². The van der Waals surface area contributed by atoms with Gasteiger partial charge in [-0.2, -0.15) is 13.2 Å². The molecule has 0 aliphatic carbocycles. The minimum atomic E-state index is -4.31. The summed E-state index contributed by atoms with van der Waals surface area (Å²) in [5.41, 5.74) is -0.680.